The van der Waals surface area contributed by atoms with Gasteiger partial charge in [0.1, 0.15) is 6.10 Å². The van der Waals surface area contributed by atoms with Crippen LogP contribution in [0, 0.1) is 5.92 Å². The molecule has 2 aliphatic heterocycles. The number of allylic oxidation sites excluding steroid dienone is 3. The van der Waals surface area contributed by atoms with E-state index >= 15 is 0 Å². The number of ether oxygens (including phenoxy) is 3. The second-order valence-corrected chi connectivity index (χ2v) is 10.8. The minimum absolute atomic E-state index is 0.0514. The average molecular weight is 475 g/mol. The van der Waals surface area contributed by atoms with Crippen LogP contribution in [0.3, 0.4) is 0 Å². The first-order valence-corrected chi connectivity index (χ1v) is 12.6. The van der Waals surface area contributed by atoms with Crippen molar-refractivity contribution >= 4 is 12.0 Å². The zero-order chi connectivity index (χ0) is 24.8. The molecule has 0 radical (unpaired) electrons. The van der Waals surface area contributed by atoms with Gasteiger partial charge in [0, 0.05) is 32.0 Å². The fourth-order valence-corrected chi connectivity index (χ4v) is 5.10. The van der Waals surface area contributed by atoms with Crippen LogP contribution in [0.1, 0.15) is 72.6 Å². The van der Waals surface area contributed by atoms with Crippen molar-refractivity contribution in [3.05, 3.63) is 36.0 Å². The third-order valence-electron chi connectivity index (χ3n) is 6.90. The molecular formula is C27H42N2O5. The summed E-state index contributed by atoms with van der Waals surface area (Å²) in [6.45, 7) is 9.04. The smallest absolute Gasteiger partial charge is 0.407 e. The lowest BCUT2D eigenvalue weighted by Crippen LogP contribution is -2.43. The number of carbonyl (C=O) groups is 2. The van der Waals surface area contributed by atoms with E-state index in [0.29, 0.717) is 5.92 Å². The van der Waals surface area contributed by atoms with Crippen molar-refractivity contribution in [3.8, 4) is 0 Å². The minimum atomic E-state index is -0.511. The highest BCUT2D eigenvalue weighted by Gasteiger charge is 2.53. The van der Waals surface area contributed by atoms with E-state index in [9.17, 15) is 9.59 Å². The molecule has 3 rings (SSSR count). The van der Waals surface area contributed by atoms with E-state index in [-0.39, 0.29) is 29.3 Å². The first-order valence-electron chi connectivity index (χ1n) is 12.6. The lowest BCUT2D eigenvalue weighted by atomic mass is 9.83. The molecule has 190 valence electrons. The monoisotopic (exact) mass is 474 g/mol. The van der Waals surface area contributed by atoms with Crippen molar-refractivity contribution in [2.45, 2.75) is 102 Å². The highest BCUT2D eigenvalue weighted by atomic mass is 16.6. The summed E-state index contributed by atoms with van der Waals surface area (Å²) in [6.07, 6.45) is 16.1. The van der Waals surface area contributed by atoms with Gasteiger partial charge in [0.25, 0.3) is 0 Å². The van der Waals surface area contributed by atoms with Crippen molar-refractivity contribution in [2.75, 3.05) is 13.7 Å². The van der Waals surface area contributed by atoms with Crippen LogP contribution in [-0.4, -0.2) is 55.1 Å². The van der Waals surface area contributed by atoms with E-state index in [0.717, 1.165) is 51.6 Å². The Kier molecular flexibility index (Phi) is 8.99. The second-order valence-electron chi connectivity index (χ2n) is 10.8. The molecule has 0 aromatic heterocycles. The van der Waals surface area contributed by atoms with E-state index in [2.05, 4.69) is 49.6 Å². The summed E-state index contributed by atoms with van der Waals surface area (Å²) < 4.78 is 17.0. The zero-order valence-corrected chi connectivity index (χ0v) is 21.4. The van der Waals surface area contributed by atoms with Gasteiger partial charge in [-0.05, 0) is 71.8 Å². The Balaban J connectivity index is 1.35. The third kappa shape index (κ3) is 8.58. The topological polar surface area (TPSA) is 89.2 Å². The van der Waals surface area contributed by atoms with Crippen LogP contribution in [0.5, 0.6) is 0 Å². The molecule has 1 aliphatic carbocycles. The predicted molar refractivity (Wildman–Crippen MR) is 132 cm³/mol. The van der Waals surface area contributed by atoms with Crippen LogP contribution in [0.2, 0.25) is 0 Å². The van der Waals surface area contributed by atoms with Crippen molar-refractivity contribution in [2.24, 2.45) is 5.92 Å². The number of hydrogen-bond acceptors (Lipinski definition) is 5. The van der Waals surface area contributed by atoms with Crippen molar-refractivity contribution < 1.29 is 23.8 Å². The molecule has 7 heteroatoms. The molecule has 2 amide bonds. The predicted octanol–water partition coefficient (Wildman–Crippen LogP) is 4.58. The number of nitrogens with one attached hydrogen (secondary N) is 2. The number of rotatable bonds is 8. The van der Waals surface area contributed by atoms with Crippen molar-refractivity contribution in [3.63, 3.8) is 0 Å². The van der Waals surface area contributed by atoms with Gasteiger partial charge in [0.15, 0.2) is 0 Å². The average Bonchev–Trinajstić information content (AvgIpc) is 3.51. The third-order valence-corrected chi connectivity index (χ3v) is 6.90. The molecule has 7 nitrogen and oxygen atoms in total. The maximum atomic E-state index is 12.2. The Bertz CT molecular complexity index is 798. The Morgan fingerprint density at radius 2 is 1.88 bits per heavy atom. The Morgan fingerprint density at radius 3 is 2.53 bits per heavy atom. The van der Waals surface area contributed by atoms with Crippen LogP contribution in [0.4, 0.5) is 4.79 Å². The van der Waals surface area contributed by atoms with E-state index < -0.39 is 12.2 Å². The largest absolute Gasteiger partial charge is 0.442 e. The van der Waals surface area contributed by atoms with Gasteiger partial charge in [0.05, 0.1) is 23.9 Å². The number of epoxide rings is 1. The van der Waals surface area contributed by atoms with Gasteiger partial charge in [-0.2, -0.15) is 0 Å². The molecule has 1 saturated carbocycles. The van der Waals surface area contributed by atoms with Crippen LogP contribution in [-0.2, 0) is 19.0 Å². The summed E-state index contributed by atoms with van der Waals surface area (Å²) in [6, 6.07) is 0.206. The van der Waals surface area contributed by atoms with E-state index in [1.54, 1.807) is 13.0 Å². The van der Waals surface area contributed by atoms with Gasteiger partial charge in [-0.1, -0.05) is 23.8 Å². The number of alkyl carbamates (subject to hydrolysis) is 1. The van der Waals surface area contributed by atoms with Gasteiger partial charge < -0.3 is 24.8 Å². The normalized spacial score (nSPS) is 32.0. The lowest BCUT2D eigenvalue weighted by molar-refractivity contribution is -0.117. The first kappa shape index (κ1) is 26.5. The van der Waals surface area contributed by atoms with Gasteiger partial charge >= 0.3 is 6.09 Å². The van der Waals surface area contributed by atoms with Gasteiger partial charge in [-0.3, -0.25) is 4.79 Å². The van der Waals surface area contributed by atoms with Crippen molar-refractivity contribution in [1.29, 1.82) is 0 Å². The molecule has 1 unspecified atom stereocenters. The van der Waals surface area contributed by atoms with Gasteiger partial charge in [-0.15, -0.1) is 0 Å². The molecule has 0 bridgehead atoms. The molecule has 3 atom stereocenters. The molecule has 2 N–H and O–H groups in total. The molecule has 3 fully saturated rings. The summed E-state index contributed by atoms with van der Waals surface area (Å²) in [4.78, 5) is 23.3. The van der Waals surface area contributed by atoms with E-state index in [1.807, 2.05) is 0 Å². The Hall–Kier alpha value is -2.12. The highest BCUT2D eigenvalue weighted by molar-refractivity contribution is 5.87. The summed E-state index contributed by atoms with van der Waals surface area (Å²) in [5.74, 6) is 0.518. The van der Waals surface area contributed by atoms with Crippen LogP contribution in [0.15, 0.2) is 36.0 Å². The molecule has 0 aromatic rings. The fraction of sp³-hybridized carbons (Fsp3) is 0.704. The Morgan fingerprint density at radius 1 is 1.18 bits per heavy atom. The summed E-state index contributed by atoms with van der Waals surface area (Å²) in [7, 11) is 1.50. The molecule has 0 aromatic carbocycles. The number of carbonyl (C=O) groups excluding carboxylic acids is 2. The van der Waals surface area contributed by atoms with E-state index in [4.69, 9.17) is 14.2 Å². The molecule has 3 aliphatic rings. The number of amides is 2. The second kappa shape index (κ2) is 11.5. The highest BCUT2D eigenvalue weighted by Crippen LogP contribution is 2.46. The summed E-state index contributed by atoms with van der Waals surface area (Å²) in [5.41, 5.74) is 1.19. The molecule has 1 spiro atoms. The van der Waals surface area contributed by atoms with Gasteiger partial charge in [-0.25, -0.2) is 4.79 Å². The van der Waals surface area contributed by atoms with E-state index in [1.165, 1.54) is 18.7 Å². The minimum Gasteiger partial charge on any atom is -0.442 e. The Labute approximate surface area is 204 Å². The van der Waals surface area contributed by atoms with Crippen LogP contribution < -0.4 is 10.6 Å². The summed E-state index contributed by atoms with van der Waals surface area (Å²) >= 11 is 0. The molecule has 2 heterocycles. The maximum absolute atomic E-state index is 12.2. The molecule has 34 heavy (non-hydrogen) atoms. The SMILES string of the molecule is CNC(=O)O[C@@H](C)/C=C\C(=O)N[C@H]1CC[C@@H](C/C=C(C)/C=C/C2C[C@]3(CO3)CC(C)(C)O2)CC1. The fourth-order valence-electron chi connectivity index (χ4n) is 5.10. The first-order chi connectivity index (χ1) is 16.1. The summed E-state index contributed by atoms with van der Waals surface area (Å²) in [5, 5.41) is 5.46. The zero-order valence-electron chi connectivity index (χ0n) is 21.4. The van der Waals surface area contributed by atoms with Gasteiger partial charge in [0.2, 0.25) is 5.91 Å². The quantitative estimate of drug-likeness (QED) is 0.305. The van der Waals surface area contributed by atoms with Crippen LogP contribution >= 0.6 is 0 Å². The molecule has 2 saturated heterocycles. The number of hydrogen-bond donors (Lipinski definition) is 2. The van der Waals surface area contributed by atoms with Crippen molar-refractivity contribution in [1.82, 2.24) is 10.6 Å². The standard InChI is InChI=1S/C27H42N2O5/c1-19(7-14-23-16-27(18-32-27)17-26(3,4)34-23)6-9-21-10-12-22(13-11-21)29-24(30)15-8-20(2)33-25(31)28-5/h6-8,14-15,20-23H,9-13,16-18H2,1-5H3,(H,28,31)(H,29,30)/b14-7+,15-8-,19-6+/t20-,21-,22+,23?,27+/m0/s1. The lowest BCUT2D eigenvalue weighted by Gasteiger charge is -2.38. The maximum Gasteiger partial charge on any atom is 0.407 e. The molecular weight excluding hydrogens is 432 g/mol. The van der Waals surface area contributed by atoms with Crippen LogP contribution in [0.25, 0.3) is 0 Å².